The molecule has 2 aliphatic heterocycles. The summed E-state index contributed by atoms with van der Waals surface area (Å²) in [6.07, 6.45) is 1.21. The van der Waals surface area contributed by atoms with Gasteiger partial charge in [0.05, 0.1) is 46.6 Å². The molecule has 4 atom stereocenters. The van der Waals surface area contributed by atoms with Crippen molar-refractivity contribution in [1.82, 2.24) is 9.88 Å². The molecule has 1 saturated heterocycles. The number of rotatable bonds is 6. The summed E-state index contributed by atoms with van der Waals surface area (Å²) in [5.41, 5.74) is 2.35. The number of nitrogens with zero attached hydrogens (tertiary/aromatic N) is 3. The van der Waals surface area contributed by atoms with Crippen LogP contribution in [0.5, 0.6) is 0 Å². The van der Waals surface area contributed by atoms with Crippen LogP contribution < -0.4 is 0 Å². The molecule has 0 saturated carbocycles. The van der Waals surface area contributed by atoms with E-state index in [-0.39, 0.29) is 30.0 Å². The lowest BCUT2D eigenvalue weighted by Gasteiger charge is -2.46. The number of carboxylic acids is 1. The van der Waals surface area contributed by atoms with E-state index in [1.165, 1.54) is 28.0 Å². The molecule has 1 fully saturated rings. The number of aliphatic carboxylic acids is 1. The molecule has 2 aliphatic rings. The first-order valence-electron chi connectivity index (χ1n) is 7.99. The molecule has 0 radical (unpaired) electrons. The zero-order chi connectivity index (χ0) is 19.0. The monoisotopic (exact) mass is 391 g/mol. The van der Waals surface area contributed by atoms with Crippen molar-refractivity contribution >= 4 is 41.1 Å². The third-order valence-electron chi connectivity index (χ3n) is 4.64. The Morgan fingerprint density at radius 3 is 2.96 bits per heavy atom. The number of thioether (sulfide) groups is 1. The van der Waals surface area contributed by atoms with Gasteiger partial charge in [0.25, 0.3) is 0 Å². The van der Waals surface area contributed by atoms with Gasteiger partial charge in [0.1, 0.15) is 5.70 Å². The predicted molar refractivity (Wildman–Crippen MR) is 97.7 cm³/mol. The standard InChI is InChI=1S/C17H17N3O4S2/c1-8-13-12(9(2)21)16(22)20(13)14(17(23)24)15(8)25-6-4-11-10(3-5-18)19-7-26-11/h4,6-9,12-13,21H,3H2,1-2H3,(H,23,24)/t8-,9-,12-,13-/m1/s1. The largest absolute Gasteiger partial charge is 0.477 e. The molecule has 2 N–H and O–H groups in total. The average molecular weight is 391 g/mol. The highest BCUT2D eigenvalue weighted by Gasteiger charge is 2.59. The molecule has 0 spiro atoms. The Labute approximate surface area is 158 Å². The van der Waals surface area contributed by atoms with Crippen molar-refractivity contribution < 1.29 is 19.8 Å². The van der Waals surface area contributed by atoms with E-state index < -0.39 is 18.0 Å². The molecule has 1 aromatic heterocycles. The summed E-state index contributed by atoms with van der Waals surface area (Å²) in [5, 5.41) is 30.0. The van der Waals surface area contributed by atoms with Crippen LogP contribution >= 0.6 is 23.1 Å². The summed E-state index contributed by atoms with van der Waals surface area (Å²) in [6.45, 7) is 3.43. The number of amides is 1. The van der Waals surface area contributed by atoms with Crippen LogP contribution in [0.15, 0.2) is 21.5 Å². The van der Waals surface area contributed by atoms with Crippen molar-refractivity contribution in [2.45, 2.75) is 32.4 Å². The maximum Gasteiger partial charge on any atom is 0.353 e. The van der Waals surface area contributed by atoms with Gasteiger partial charge >= 0.3 is 5.97 Å². The van der Waals surface area contributed by atoms with Crippen LogP contribution in [0.4, 0.5) is 0 Å². The number of nitriles is 1. The number of aromatic nitrogens is 1. The second-order valence-corrected chi connectivity index (χ2v) is 8.02. The molecular formula is C17H17N3O4S2. The van der Waals surface area contributed by atoms with Gasteiger partial charge in [0.2, 0.25) is 5.91 Å². The van der Waals surface area contributed by atoms with Gasteiger partial charge < -0.3 is 15.1 Å². The van der Waals surface area contributed by atoms with Gasteiger partial charge in [0.15, 0.2) is 0 Å². The lowest BCUT2D eigenvalue weighted by Crippen LogP contribution is -2.63. The minimum absolute atomic E-state index is 0.000558. The van der Waals surface area contributed by atoms with Crippen molar-refractivity contribution in [3.8, 4) is 6.07 Å². The number of hydrogen-bond donors (Lipinski definition) is 2. The van der Waals surface area contributed by atoms with Crippen molar-refractivity contribution in [2.75, 3.05) is 0 Å². The zero-order valence-corrected chi connectivity index (χ0v) is 15.8. The molecule has 136 valence electrons. The lowest BCUT2D eigenvalue weighted by atomic mass is 9.79. The number of thiazole rings is 1. The molecule has 3 heterocycles. The minimum atomic E-state index is -1.14. The third-order valence-corrected chi connectivity index (χ3v) is 6.57. The summed E-state index contributed by atoms with van der Waals surface area (Å²) >= 11 is 2.66. The molecular weight excluding hydrogens is 374 g/mol. The van der Waals surface area contributed by atoms with E-state index in [0.29, 0.717) is 10.6 Å². The van der Waals surface area contributed by atoms with Crippen LogP contribution in [-0.4, -0.2) is 44.1 Å². The van der Waals surface area contributed by atoms with Crippen molar-refractivity contribution in [3.05, 3.63) is 32.1 Å². The topological polar surface area (TPSA) is 115 Å². The number of aliphatic hydroxyl groups is 1. The van der Waals surface area contributed by atoms with Crippen LogP contribution in [-0.2, 0) is 16.0 Å². The SMILES string of the molecule is C[C@@H](O)[C@H]1C(=O)N2C(C(=O)O)=C(SC=Cc3scnc3CC#N)[C@H](C)[C@H]12. The number of aliphatic hydroxyl groups excluding tert-OH is 1. The highest BCUT2D eigenvalue weighted by Crippen LogP contribution is 2.50. The molecule has 0 aliphatic carbocycles. The van der Waals surface area contributed by atoms with Gasteiger partial charge in [-0.25, -0.2) is 9.78 Å². The van der Waals surface area contributed by atoms with Gasteiger partial charge in [-0.15, -0.1) is 11.3 Å². The number of carboxylic acid groups (broad SMARTS) is 1. The van der Waals surface area contributed by atoms with E-state index in [9.17, 15) is 19.8 Å². The molecule has 9 heteroatoms. The lowest BCUT2D eigenvalue weighted by molar-refractivity contribution is -0.163. The van der Waals surface area contributed by atoms with E-state index in [4.69, 9.17) is 5.26 Å². The smallest absolute Gasteiger partial charge is 0.353 e. The Morgan fingerprint density at radius 1 is 1.62 bits per heavy atom. The Kier molecular flexibility index (Phi) is 5.18. The van der Waals surface area contributed by atoms with E-state index in [0.717, 1.165) is 4.88 Å². The van der Waals surface area contributed by atoms with Crippen LogP contribution in [0, 0.1) is 23.2 Å². The van der Waals surface area contributed by atoms with Crippen molar-refractivity contribution in [2.24, 2.45) is 11.8 Å². The van der Waals surface area contributed by atoms with Crippen LogP contribution in [0.3, 0.4) is 0 Å². The third kappa shape index (κ3) is 2.94. The zero-order valence-electron chi connectivity index (χ0n) is 14.1. The fraction of sp³-hybridized carbons (Fsp3) is 0.412. The summed E-state index contributed by atoms with van der Waals surface area (Å²) in [7, 11) is 0. The van der Waals surface area contributed by atoms with Gasteiger partial charge in [-0.2, -0.15) is 5.26 Å². The number of carbonyl (C=O) groups is 2. The highest BCUT2D eigenvalue weighted by molar-refractivity contribution is 8.06. The molecule has 7 nitrogen and oxygen atoms in total. The second kappa shape index (κ2) is 7.23. The number of hydrogen-bond acceptors (Lipinski definition) is 7. The number of fused-ring (bicyclic) bond motifs is 1. The summed E-state index contributed by atoms with van der Waals surface area (Å²) in [6, 6.07) is 1.74. The fourth-order valence-electron chi connectivity index (χ4n) is 3.47. The van der Waals surface area contributed by atoms with Crippen molar-refractivity contribution in [3.63, 3.8) is 0 Å². The van der Waals surface area contributed by atoms with E-state index in [1.807, 2.05) is 6.92 Å². The van der Waals surface area contributed by atoms with Gasteiger partial charge in [-0.3, -0.25) is 4.79 Å². The quantitative estimate of drug-likeness (QED) is 0.713. The minimum Gasteiger partial charge on any atom is -0.477 e. The van der Waals surface area contributed by atoms with Crippen LogP contribution in [0.1, 0.15) is 24.4 Å². The number of β-lactam (4-membered cyclic amide) rings is 1. The Hall–Kier alpha value is -2.15. The van der Waals surface area contributed by atoms with Gasteiger partial charge in [-0.1, -0.05) is 18.7 Å². The Balaban J connectivity index is 1.83. The summed E-state index contributed by atoms with van der Waals surface area (Å²) < 4.78 is 0. The first-order chi connectivity index (χ1) is 12.4. The van der Waals surface area contributed by atoms with E-state index >= 15 is 0 Å². The first-order valence-corrected chi connectivity index (χ1v) is 9.75. The first kappa shape index (κ1) is 18.6. The Bertz CT molecular complexity index is 852. The maximum atomic E-state index is 12.3. The molecule has 1 amide bonds. The van der Waals surface area contributed by atoms with E-state index in [2.05, 4.69) is 11.1 Å². The van der Waals surface area contributed by atoms with Gasteiger partial charge in [-0.05, 0) is 18.4 Å². The van der Waals surface area contributed by atoms with Crippen LogP contribution in [0.2, 0.25) is 0 Å². The Morgan fingerprint density at radius 2 is 2.35 bits per heavy atom. The highest BCUT2D eigenvalue weighted by atomic mass is 32.2. The number of carbonyl (C=O) groups excluding carboxylic acids is 1. The molecule has 26 heavy (non-hydrogen) atoms. The van der Waals surface area contributed by atoms with Crippen LogP contribution in [0.25, 0.3) is 6.08 Å². The fourth-order valence-corrected chi connectivity index (χ4v) is 5.26. The molecule has 1 aromatic rings. The molecule has 0 aromatic carbocycles. The molecule has 0 bridgehead atoms. The second-order valence-electron chi connectivity index (χ2n) is 6.19. The average Bonchev–Trinajstić information content (AvgIpc) is 3.09. The molecule has 0 unspecified atom stereocenters. The van der Waals surface area contributed by atoms with Gasteiger partial charge in [0, 0.05) is 10.8 Å². The summed E-state index contributed by atoms with van der Waals surface area (Å²) in [5.74, 6) is -2.22. The maximum absolute atomic E-state index is 12.3. The molecule has 3 rings (SSSR count). The predicted octanol–water partition coefficient (Wildman–Crippen LogP) is 2.07. The normalized spacial score (nSPS) is 26.0. The van der Waals surface area contributed by atoms with E-state index in [1.54, 1.807) is 23.9 Å². The van der Waals surface area contributed by atoms with Crippen molar-refractivity contribution in [1.29, 1.82) is 5.26 Å². The summed E-state index contributed by atoms with van der Waals surface area (Å²) in [4.78, 5) is 30.9.